The van der Waals surface area contributed by atoms with Crippen LogP contribution in [0.2, 0.25) is 0 Å². The van der Waals surface area contributed by atoms with Gasteiger partial charge in [0, 0.05) is 18.7 Å². The summed E-state index contributed by atoms with van der Waals surface area (Å²) in [6.45, 7) is 8.79. The first-order chi connectivity index (χ1) is 11.7. The van der Waals surface area contributed by atoms with E-state index < -0.39 is 0 Å². The fourth-order valence-corrected chi connectivity index (χ4v) is 2.82. The van der Waals surface area contributed by atoms with Crippen LogP contribution >= 0.6 is 0 Å². The van der Waals surface area contributed by atoms with Crippen molar-refractivity contribution < 1.29 is 9.53 Å². The maximum absolute atomic E-state index is 12.8. The van der Waals surface area contributed by atoms with Gasteiger partial charge in [-0.3, -0.25) is 4.79 Å². The summed E-state index contributed by atoms with van der Waals surface area (Å²) in [5, 5.41) is 0. The maximum atomic E-state index is 12.8. The Bertz CT molecular complexity index is 430. The summed E-state index contributed by atoms with van der Waals surface area (Å²) in [6.07, 6.45) is 9.57. The number of amides is 1. The van der Waals surface area contributed by atoms with E-state index in [-0.39, 0.29) is 5.91 Å². The summed E-state index contributed by atoms with van der Waals surface area (Å²) in [6, 6.07) is 7.56. The molecule has 0 radical (unpaired) electrons. The summed E-state index contributed by atoms with van der Waals surface area (Å²) in [4.78, 5) is 14.9. The van der Waals surface area contributed by atoms with Crippen LogP contribution in [0.1, 0.15) is 82.5 Å². The number of nitrogens with zero attached hydrogens (tertiary/aromatic N) is 1. The Kier molecular flexibility index (Phi) is 11.0. The first kappa shape index (κ1) is 20.5. The quantitative estimate of drug-likeness (QED) is 0.434. The van der Waals surface area contributed by atoms with E-state index in [0.29, 0.717) is 6.61 Å². The minimum absolute atomic E-state index is 0.158. The lowest BCUT2D eigenvalue weighted by Crippen LogP contribution is -2.33. The maximum Gasteiger partial charge on any atom is 0.253 e. The predicted octanol–water partition coefficient (Wildman–Crippen LogP) is 5.69. The van der Waals surface area contributed by atoms with Crippen LogP contribution in [0.25, 0.3) is 0 Å². The second-order valence-electron chi connectivity index (χ2n) is 6.37. The number of unbranched alkanes of at least 4 members (excludes halogenated alkanes) is 6. The molecule has 0 saturated heterocycles. The molecule has 0 aliphatic rings. The van der Waals surface area contributed by atoms with Crippen molar-refractivity contribution in [3.63, 3.8) is 0 Å². The third-order valence-electron chi connectivity index (χ3n) is 4.26. The highest BCUT2D eigenvalue weighted by Gasteiger charge is 2.15. The molecule has 1 rings (SSSR count). The average molecular weight is 334 g/mol. The molecule has 0 aromatic heterocycles. The zero-order valence-electron chi connectivity index (χ0n) is 15.9. The topological polar surface area (TPSA) is 29.5 Å². The number of benzene rings is 1. The van der Waals surface area contributed by atoms with Gasteiger partial charge in [-0.2, -0.15) is 0 Å². The van der Waals surface area contributed by atoms with Gasteiger partial charge in [0.2, 0.25) is 0 Å². The van der Waals surface area contributed by atoms with Crippen LogP contribution in [-0.4, -0.2) is 30.5 Å². The van der Waals surface area contributed by atoms with Crippen molar-refractivity contribution in [2.75, 3.05) is 19.7 Å². The van der Waals surface area contributed by atoms with Gasteiger partial charge in [0.05, 0.1) is 6.61 Å². The van der Waals surface area contributed by atoms with E-state index >= 15 is 0 Å². The van der Waals surface area contributed by atoms with Crippen molar-refractivity contribution in [2.24, 2.45) is 0 Å². The van der Waals surface area contributed by atoms with Gasteiger partial charge in [0.1, 0.15) is 5.75 Å². The molecule has 0 spiro atoms. The molecule has 3 heteroatoms. The molecule has 0 aliphatic heterocycles. The molecule has 0 unspecified atom stereocenters. The number of ether oxygens (including phenoxy) is 1. The Morgan fingerprint density at radius 1 is 0.833 bits per heavy atom. The Labute approximate surface area is 148 Å². The zero-order valence-corrected chi connectivity index (χ0v) is 15.9. The molecular weight excluding hydrogens is 298 g/mol. The van der Waals surface area contributed by atoms with Gasteiger partial charge in [0.25, 0.3) is 5.91 Å². The zero-order chi connectivity index (χ0) is 17.6. The van der Waals surface area contributed by atoms with E-state index in [1.807, 2.05) is 36.1 Å². The highest BCUT2D eigenvalue weighted by Crippen LogP contribution is 2.15. The van der Waals surface area contributed by atoms with Gasteiger partial charge in [-0.1, -0.05) is 52.4 Å². The van der Waals surface area contributed by atoms with E-state index in [9.17, 15) is 4.79 Å². The van der Waals surface area contributed by atoms with Crippen molar-refractivity contribution in [1.82, 2.24) is 4.90 Å². The Morgan fingerprint density at radius 3 is 1.83 bits per heavy atom. The second kappa shape index (κ2) is 12.9. The Balaban J connectivity index is 2.62. The number of carbonyl (C=O) groups excluding carboxylic acids is 1. The first-order valence-corrected chi connectivity index (χ1v) is 9.75. The Morgan fingerprint density at radius 2 is 1.38 bits per heavy atom. The largest absolute Gasteiger partial charge is 0.494 e. The molecule has 1 amide bonds. The lowest BCUT2D eigenvalue weighted by Gasteiger charge is -2.23. The van der Waals surface area contributed by atoms with E-state index in [1.54, 1.807) is 0 Å². The first-order valence-electron chi connectivity index (χ1n) is 9.75. The van der Waals surface area contributed by atoms with Crippen LogP contribution in [0.3, 0.4) is 0 Å². The molecule has 1 aromatic rings. The van der Waals surface area contributed by atoms with Crippen LogP contribution < -0.4 is 4.74 Å². The minimum Gasteiger partial charge on any atom is -0.494 e. The van der Waals surface area contributed by atoms with Crippen molar-refractivity contribution in [3.8, 4) is 5.75 Å². The third-order valence-corrected chi connectivity index (χ3v) is 4.26. The number of hydrogen-bond acceptors (Lipinski definition) is 2. The molecule has 0 atom stereocenters. The van der Waals surface area contributed by atoms with E-state index in [2.05, 4.69) is 13.8 Å². The molecule has 24 heavy (non-hydrogen) atoms. The molecule has 0 heterocycles. The molecule has 0 aliphatic carbocycles. The molecule has 136 valence electrons. The van der Waals surface area contributed by atoms with E-state index in [4.69, 9.17) is 4.74 Å². The molecule has 3 nitrogen and oxygen atoms in total. The van der Waals surface area contributed by atoms with E-state index in [1.165, 1.54) is 38.5 Å². The van der Waals surface area contributed by atoms with Crippen molar-refractivity contribution >= 4 is 5.91 Å². The van der Waals surface area contributed by atoms with Crippen LogP contribution in [0.15, 0.2) is 24.3 Å². The van der Waals surface area contributed by atoms with Gasteiger partial charge < -0.3 is 9.64 Å². The smallest absolute Gasteiger partial charge is 0.253 e. The van der Waals surface area contributed by atoms with Gasteiger partial charge >= 0.3 is 0 Å². The molecule has 0 bridgehead atoms. The summed E-state index contributed by atoms with van der Waals surface area (Å²) in [7, 11) is 0. The van der Waals surface area contributed by atoms with Crippen LogP contribution in [0.4, 0.5) is 0 Å². The van der Waals surface area contributed by atoms with Gasteiger partial charge in [-0.25, -0.2) is 0 Å². The molecule has 1 aromatic carbocycles. The van der Waals surface area contributed by atoms with Gasteiger partial charge in [-0.15, -0.1) is 0 Å². The van der Waals surface area contributed by atoms with Crippen molar-refractivity contribution in [1.29, 1.82) is 0 Å². The van der Waals surface area contributed by atoms with Gasteiger partial charge in [-0.05, 0) is 44.0 Å². The van der Waals surface area contributed by atoms with E-state index in [0.717, 1.165) is 37.2 Å². The molecular formula is C21H35NO2. The number of rotatable bonds is 13. The monoisotopic (exact) mass is 333 g/mol. The van der Waals surface area contributed by atoms with Crippen molar-refractivity contribution in [2.45, 2.75) is 72.1 Å². The SMILES string of the molecule is CCCCCCN(CCCCCC)C(=O)c1ccc(OCC)cc1. The van der Waals surface area contributed by atoms with Crippen LogP contribution in [0, 0.1) is 0 Å². The van der Waals surface area contributed by atoms with Crippen LogP contribution in [0.5, 0.6) is 5.75 Å². The highest BCUT2D eigenvalue weighted by molar-refractivity contribution is 5.94. The lowest BCUT2D eigenvalue weighted by molar-refractivity contribution is 0.0749. The second-order valence-corrected chi connectivity index (χ2v) is 6.37. The normalized spacial score (nSPS) is 10.6. The average Bonchev–Trinajstić information content (AvgIpc) is 2.61. The molecule has 0 saturated carbocycles. The number of hydrogen-bond donors (Lipinski definition) is 0. The Hall–Kier alpha value is -1.51. The number of carbonyl (C=O) groups is 1. The summed E-state index contributed by atoms with van der Waals surface area (Å²) < 4.78 is 5.46. The third kappa shape index (κ3) is 7.85. The minimum atomic E-state index is 0.158. The standard InChI is InChI=1S/C21H35NO2/c1-4-7-9-11-17-22(18-12-10-8-5-2)21(23)19-13-15-20(16-14-19)24-6-3/h13-16H,4-12,17-18H2,1-3H3. The fourth-order valence-electron chi connectivity index (χ4n) is 2.82. The highest BCUT2D eigenvalue weighted by atomic mass is 16.5. The summed E-state index contributed by atoms with van der Waals surface area (Å²) in [5.41, 5.74) is 0.768. The lowest BCUT2D eigenvalue weighted by atomic mass is 10.1. The molecule has 0 fully saturated rings. The van der Waals surface area contributed by atoms with Gasteiger partial charge in [0.15, 0.2) is 0 Å². The van der Waals surface area contributed by atoms with Crippen molar-refractivity contribution in [3.05, 3.63) is 29.8 Å². The van der Waals surface area contributed by atoms with Crippen LogP contribution in [-0.2, 0) is 0 Å². The predicted molar refractivity (Wildman–Crippen MR) is 102 cm³/mol. The molecule has 0 N–H and O–H groups in total. The summed E-state index contributed by atoms with van der Waals surface area (Å²) >= 11 is 0. The summed E-state index contributed by atoms with van der Waals surface area (Å²) in [5.74, 6) is 0.984. The fraction of sp³-hybridized carbons (Fsp3) is 0.667.